The van der Waals surface area contributed by atoms with Gasteiger partial charge in [0.25, 0.3) is 5.56 Å². The van der Waals surface area contributed by atoms with Gasteiger partial charge in [-0.3, -0.25) is 9.36 Å². The fourth-order valence-electron chi connectivity index (χ4n) is 4.58. The lowest BCUT2D eigenvalue weighted by Crippen LogP contribution is -2.40. The van der Waals surface area contributed by atoms with Crippen molar-refractivity contribution in [2.75, 3.05) is 7.11 Å². The van der Waals surface area contributed by atoms with E-state index in [-0.39, 0.29) is 11.7 Å². The molecule has 1 atom stereocenters. The van der Waals surface area contributed by atoms with E-state index in [1.807, 2.05) is 78.9 Å². The summed E-state index contributed by atoms with van der Waals surface area (Å²) in [7, 11) is 1.59. The molecule has 0 N–H and O–H groups in total. The standard InChI is InChI=1S/C32H29BrN2O5S/c1-19(2)40-31(37)28-20(3)34-32-35(29(28)22-11-15-25(38-4)16-12-22)30(36)27(41-32)17-23-7-5-6-8-26(23)39-18-21-9-13-24(33)14-10-21/h5-17,19,29H,18H2,1-4H3/b27-17-/t29-/m1/s1. The number of para-hydroxylation sites is 1. The molecule has 1 aliphatic rings. The highest BCUT2D eigenvalue weighted by Gasteiger charge is 2.33. The Bertz CT molecular complexity index is 1790. The van der Waals surface area contributed by atoms with Gasteiger partial charge < -0.3 is 14.2 Å². The third-order valence-electron chi connectivity index (χ3n) is 6.53. The number of carbonyl (C=O) groups excluding carboxylic acids is 1. The van der Waals surface area contributed by atoms with E-state index in [1.54, 1.807) is 32.4 Å². The maximum Gasteiger partial charge on any atom is 0.338 e. The average molecular weight is 634 g/mol. The molecule has 0 amide bonds. The number of hydrogen-bond donors (Lipinski definition) is 0. The number of hydrogen-bond acceptors (Lipinski definition) is 7. The highest BCUT2D eigenvalue weighted by molar-refractivity contribution is 9.10. The monoisotopic (exact) mass is 632 g/mol. The molecule has 1 aliphatic heterocycles. The molecule has 2 heterocycles. The highest BCUT2D eigenvalue weighted by atomic mass is 79.9. The van der Waals surface area contributed by atoms with Crippen molar-refractivity contribution < 1.29 is 19.0 Å². The second-order valence-corrected chi connectivity index (χ2v) is 11.7. The first-order valence-corrected chi connectivity index (χ1v) is 14.7. The Balaban J connectivity index is 1.59. The van der Waals surface area contributed by atoms with E-state index in [1.165, 1.54) is 11.3 Å². The molecule has 7 nitrogen and oxygen atoms in total. The molecule has 0 spiro atoms. The number of rotatable bonds is 8. The largest absolute Gasteiger partial charge is 0.497 e. The van der Waals surface area contributed by atoms with Crippen LogP contribution in [-0.4, -0.2) is 23.8 Å². The average Bonchev–Trinajstić information content (AvgIpc) is 3.26. The van der Waals surface area contributed by atoms with Crippen LogP contribution in [0.25, 0.3) is 6.08 Å². The third-order valence-corrected chi connectivity index (χ3v) is 8.04. The van der Waals surface area contributed by atoms with Crippen LogP contribution in [-0.2, 0) is 16.1 Å². The highest BCUT2D eigenvalue weighted by Crippen LogP contribution is 2.32. The number of ether oxygens (including phenoxy) is 3. The van der Waals surface area contributed by atoms with Gasteiger partial charge in [0.2, 0.25) is 0 Å². The summed E-state index contributed by atoms with van der Waals surface area (Å²) >= 11 is 4.73. The smallest absolute Gasteiger partial charge is 0.338 e. The van der Waals surface area contributed by atoms with Gasteiger partial charge in [0.1, 0.15) is 18.1 Å². The van der Waals surface area contributed by atoms with Gasteiger partial charge in [0.15, 0.2) is 4.80 Å². The Labute approximate surface area is 250 Å². The van der Waals surface area contributed by atoms with Crippen molar-refractivity contribution >= 4 is 39.3 Å². The molecule has 0 bridgehead atoms. The van der Waals surface area contributed by atoms with Crippen LogP contribution in [0.15, 0.2) is 98.3 Å². The lowest BCUT2D eigenvalue weighted by molar-refractivity contribution is -0.143. The molecule has 0 aliphatic carbocycles. The number of benzene rings is 3. The Kier molecular flexibility index (Phi) is 8.56. The Morgan fingerprint density at radius 3 is 2.46 bits per heavy atom. The zero-order chi connectivity index (χ0) is 29.1. The predicted molar refractivity (Wildman–Crippen MR) is 163 cm³/mol. The molecule has 4 aromatic rings. The van der Waals surface area contributed by atoms with Crippen LogP contribution >= 0.6 is 27.3 Å². The topological polar surface area (TPSA) is 79.1 Å². The van der Waals surface area contributed by atoms with Crippen LogP contribution in [0.4, 0.5) is 0 Å². The molecule has 0 radical (unpaired) electrons. The third kappa shape index (κ3) is 6.21. The van der Waals surface area contributed by atoms with E-state index >= 15 is 0 Å². The van der Waals surface area contributed by atoms with Crippen molar-refractivity contribution in [3.8, 4) is 11.5 Å². The molecular weight excluding hydrogens is 604 g/mol. The number of halogens is 1. The van der Waals surface area contributed by atoms with Crippen LogP contribution < -0.4 is 24.4 Å². The van der Waals surface area contributed by atoms with Gasteiger partial charge >= 0.3 is 5.97 Å². The number of esters is 1. The van der Waals surface area contributed by atoms with Crippen molar-refractivity contribution in [1.29, 1.82) is 0 Å². The maximum absolute atomic E-state index is 14.0. The van der Waals surface area contributed by atoms with Crippen LogP contribution in [0.2, 0.25) is 0 Å². The summed E-state index contributed by atoms with van der Waals surface area (Å²) in [4.78, 5) is 32.5. The second kappa shape index (κ2) is 12.3. The first kappa shape index (κ1) is 28.6. The van der Waals surface area contributed by atoms with Gasteiger partial charge in [-0.05, 0) is 68.3 Å². The molecule has 0 fully saturated rings. The normalized spacial score (nSPS) is 15.0. The van der Waals surface area contributed by atoms with E-state index in [2.05, 4.69) is 20.9 Å². The molecular formula is C32H29BrN2O5S. The van der Waals surface area contributed by atoms with Gasteiger partial charge in [-0.25, -0.2) is 9.79 Å². The Hall–Kier alpha value is -3.95. The van der Waals surface area contributed by atoms with E-state index in [9.17, 15) is 9.59 Å². The summed E-state index contributed by atoms with van der Waals surface area (Å²) in [6, 6.07) is 22.2. The summed E-state index contributed by atoms with van der Waals surface area (Å²) in [6.45, 7) is 5.75. The number of thiazole rings is 1. The van der Waals surface area contributed by atoms with E-state index in [0.29, 0.717) is 38.7 Å². The van der Waals surface area contributed by atoms with Crippen molar-refractivity contribution in [2.24, 2.45) is 4.99 Å². The Morgan fingerprint density at radius 2 is 1.78 bits per heavy atom. The Morgan fingerprint density at radius 1 is 1.07 bits per heavy atom. The number of aromatic nitrogens is 1. The van der Waals surface area contributed by atoms with Crippen LogP contribution in [0.1, 0.15) is 43.5 Å². The van der Waals surface area contributed by atoms with Gasteiger partial charge in [0, 0.05) is 10.0 Å². The number of allylic oxidation sites excluding steroid dienone is 1. The summed E-state index contributed by atoms with van der Waals surface area (Å²) < 4.78 is 20.1. The fourth-order valence-corrected chi connectivity index (χ4v) is 5.88. The lowest BCUT2D eigenvalue weighted by atomic mass is 9.96. The second-order valence-electron chi connectivity index (χ2n) is 9.76. The van der Waals surface area contributed by atoms with Crippen molar-refractivity contribution in [3.63, 3.8) is 0 Å². The minimum Gasteiger partial charge on any atom is -0.497 e. The van der Waals surface area contributed by atoms with E-state index < -0.39 is 12.0 Å². The molecule has 0 saturated heterocycles. The molecule has 1 aromatic heterocycles. The first-order chi connectivity index (χ1) is 19.7. The fraction of sp³-hybridized carbons (Fsp3) is 0.219. The van der Waals surface area contributed by atoms with E-state index in [0.717, 1.165) is 21.2 Å². The van der Waals surface area contributed by atoms with Crippen molar-refractivity contribution in [1.82, 2.24) is 4.57 Å². The van der Waals surface area contributed by atoms with Crippen LogP contribution in [0.5, 0.6) is 11.5 Å². The molecule has 0 unspecified atom stereocenters. The molecule has 5 rings (SSSR count). The first-order valence-electron chi connectivity index (χ1n) is 13.1. The van der Waals surface area contributed by atoms with Crippen LogP contribution in [0, 0.1) is 0 Å². The van der Waals surface area contributed by atoms with Gasteiger partial charge in [0.05, 0.1) is 35.1 Å². The maximum atomic E-state index is 14.0. The van der Waals surface area contributed by atoms with E-state index in [4.69, 9.17) is 14.2 Å². The minimum atomic E-state index is -0.700. The number of nitrogens with zero attached hydrogens (tertiary/aromatic N) is 2. The molecule has 41 heavy (non-hydrogen) atoms. The molecule has 210 valence electrons. The van der Waals surface area contributed by atoms with Gasteiger partial charge in [-0.2, -0.15) is 0 Å². The zero-order valence-electron chi connectivity index (χ0n) is 23.1. The molecule has 0 saturated carbocycles. The molecule has 9 heteroatoms. The lowest BCUT2D eigenvalue weighted by Gasteiger charge is -2.25. The van der Waals surface area contributed by atoms with Crippen molar-refractivity contribution in [2.45, 2.75) is 39.5 Å². The zero-order valence-corrected chi connectivity index (χ0v) is 25.5. The summed E-state index contributed by atoms with van der Waals surface area (Å²) in [5.41, 5.74) is 3.15. The number of fused-ring (bicyclic) bond motifs is 1. The summed E-state index contributed by atoms with van der Waals surface area (Å²) in [6.07, 6.45) is 1.50. The molecule has 3 aromatic carbocycles. The SMILES string of the molecule is COc1ccc([C@@H]2C(C(=O)OC(C)C)=C(C)N=c3s/c(=C\c4ccccc4OCc4ccc(Br)cc4)c(=O)n32)cc1. The number of methoxy groups -OCH3 is 1. The predicted octanol–water partition coefficient (Wildman–Crippen LogP) is 5.54. The van der Waals surface area contributed by atoms with Gasteiger partial charge in [-0.1, -0.05) is 69.7 Å². The summed E-state index contributed by atoms with van der Waals surface area (Å²) in [5.74, 6) is 0.835. The van der Waals surface area contributed by atoms with Gasteiger partial charge in [-0.15, -0.1) is 0 Å². The number of carbonyl (C=O) groups is 1. The van der Waals surface area contributed by atoms with Crippen molar-refractivity contribution in [3.05, 3.63) is 125 Å². The minimum absolute atomic E-state index is 0.250. The van der Waals surface area contributed by atoms with Crippen LogP contribution in [0.3, 0.4) is 0 Å². The quantitative estimate of drug-likeness (QED) is 0.238. The summed E-state index contributed by atoms with van der Waals surface area (Å²) in [5, 5.41) is 0.